The van der Waals surface area contributed by atoms with Crippen LogP contribution in [0.15, 0.2) is 67.3 Å². The molecule has 0 radical (unpaired) electrons. The van der Waals surface area contributed by atoms with Gasteiger partial charge in [0.2, 0.25) is 0 Å². The molecule has 0 unspecified atom stereocenters. The highest BCUT2D eigenvalue weighted by Gasteiger charge is 2.34. The number of hydrogen-bond donors (Lipinski definition) is 1. The predicted octanol–water partition coefficient (Wildman–Crippen LogP) is 4.06. The summed E-state index contributed by atoms with van der Waals surface area (Å²) in [6.07, 6.45) is 1.99. The summed E-state index contributed by atoms with van der Waals surface area (Å²) in [5.74, 6) is 0.324. The third kappa shape index (κ3) is 3.94. The Kier molecular flexibility index (Phi) is 5.57. The largest absolute Gasteiger partial charge is 0.508 e. The highest BCUT2D eigenvalue weighted by atomic mass is 16.3. The molecule has 1 saturated heterocycles. The van der Waals surface area contributed by atoms with Crippen molar-refractivity contribution in [2.24, 2.45) is 0 Å². The van der Waals surface area contributed by atoms with Crippen LogP contribution in [0.1, 0.15) is 31.0 Å². The van der Waals surface area contributed by atoms with Crippen LogP contribution in [-0.4, -0.2) is 46.6 Å². The molecule has 1 N–H and O–H groups in total. The van der Waals surface area contributed by atoms with Crippen LogP contribution in [0, 0.1) is 0 Å². The van der Waals surface area contributed by atoms with Crippen LogP contribution < -0.4 is 0 Å². The Balaban J connectivity index is 1.96. The second-order valence-electron chi connectivity index (χ2n) is 7.05. The Labute approximate surface area is 151 Å². The SMILES string of the molecule is C=CCN1C[C@H](C)N([C@H](c2ccccc2)c2cccc(O)c2)C[C@H]1C. The van der Waals surface area contributed by atoms with Gasteiger partial charge in [0.05, 0.1) is 6.04 Å². The summed E-state index contributed by atoms with van der Waals surface area (Å²) in [6, 6.07) is 19.3. The van der Waals surface area contributed by atoms with Gasteiger partial charge in [-0.15, -0.1) is 6.58 Å². The molecule has 1 heterocycles. The fourth-order valence-corrected chi connectivity index (χ4v) is 3.91. The van der Waals surface area contributed by atoms with Crippen molar-refractivity contribution < 1.29 is 5.11 Å². The number of phenolic OH excluding ortho intramolecular Hbond substituents is 1. The molecule has 1 aliphatic heterocycles. The van der Waals surface area contributed by atoms with Crippen LogP contribution >= 0.6 is 0 Å². The van der Waals surface area contributed by atoms with E-state index in [4.69, 9.17) is 0 Å². The van der Waals surface area contributed by atoms with E-state index in [1.807, 2.05) is 18.2 Å². The van der Waals surface area contributed by atoms with Crippen molar-refractivity contribution in [1.82, 2.24) is 9.80 Å². The van der Waals surface area contributed by atoms with E-state index in [9.17, 15) is 5.11 Å². The number of nitrogens with zero attached hydrogens (tertiary/aromatic N) is 2. The topological polar surface area (TPSA) is 26.7 Å². The number of hydrogen-bond acceptors (Lipinski definition) is 3. The van der Waals surface area contributed by atoms with Gasteiger partial charge in [-0.2, -0.15) is 0 Å². The molecule has 1 aliphatic rings. The second-order valence-corrected chi connectivity index (χ2v) is 7.05. The minimum atomic E-state index is 0.150. The van der Waals surface area contributed by atoms with Crippen molar-refractivity contribution in [3.8, 4) is 5.75 Å². The summed E-state index contributed by atoms with van der Waals surface area (Å²) in [5, 5.41) is 10.00. The zero-order valence-electron chi connectivity index (χ0n) is 15.2. The zero-order valence-corrected chi connectivity index (χ0v) is 15.2. The van der Waals surface area contributed by atoms with Crippen molar-refractivity contribution in [1.29, 1.82) is 0 Å². The molecule has 0 saturated carbocycles. The Bertz CT molecular complexity index is 700. The first-order valence-electron chi connectivity index (χ1n) is 9.04. The van der Waals surface area contributed by atoms with Crippen molar-refractivity contribution in [2.45, 2.75) is 32.0 Å². The summed E-state index contributed by atoms with van der Waals surface area (Å²) in [5.41, 5.74) is 2.41. The predicted molar refractivity (Wildman–Crippen MR) is 104 cm³/mol. The molecule has 3 rings (SSSR count). The Morgan fingerprint density at radius 2 is 1.76 bits per heavy atom. The van der Waals surface area contributed by atoms with E-state index in [-0.39, 0.29) is 6.04 Å². The average molecular weight is 336 g/mol. The maximum atomic E-state index is 10.00. The molecule has 0 aliphatic carbocycles. The molecule has 25 heavy (non-hydrogen) atoms. The monoisotopic (exact) mass is 336 g/mol. The lowest BCUT2D eigenvalue weighted by atomic mass is 9.93. The van der Waals surface area contributed by atoms with Crippen LogP contribution in [0.2, 0.25) is 0 Å². The van der Waals surface area contributed by atoms with E-state index >= 15 is 0 Å². The Morgan fingerprint density at radius 1 is 1.04 bits per heavy atom. The van der Waals surface area contributed by atoms with Crippen LogP contribution in [0.25, 0.3) is 0 Å². The highest BCUT2D eigenvalue weighted by Crippen LogP contribution is 2.34. The van der Waals surface area contributed by atoms with Crippen LogP contribution in [0.5, 0.6) is 5.75 Å². The normalized spacial score (nSPS) is 23.3. The number of rotatable bonds is 5. The molecule has 3 nitrogen and oxygen atoms in total. The first kappa shape index (κ1) is 17.7. The minimum absolute atomic E-state index is 0.150. The fourth-order valence-electron chi connectivity index (χ4n) is 3.91. The third-order valence-corrected chi connectivity index (χ3v) is 5.16. The summed E-state index contributed by atoms with van der Waals surface area (Å²) >= 11 is 0. The molecule has 3 heteroatoms. The molecule has 132 valence electrons. The van der Waals surface area contributed by atoms with Gasteiger partial charge in [-0.05, 0) is 37.1 Å². The standard InChI is InChI=1S/C22H28N2O/c1-4-13-23-15-18(3)24(16-17(23)2)22(19-9-6-5-7-10-19)20-11-8-12-21(25)14-20/h4-12,14,17-18,22,25H,1,13,15-16H2,2-3H3/t17-,18+,22-/m1/s1. The van der Waals surface area contributed by atoms with E-state index in [1.54, 1.807) is 6.07 Å². The minimum Gasteiger partial charge on any atom is -0.508 e. The van der Waals surface area contributed by atoms with Gasteiger partial charge in [-0.3, -0.25) is 9.80 Å². The smallest absolute Gasteiger partial charge is 0.115 e. The molecule has 2 aromatic rings. The van der Waals surface area contributed by atoms with Gasteiger partial charge in [0.1, 0.15) is 5.75 Å². The Morgan fingerprint density at radius 3 is 2.44 bits per heavy atom. The molecular weight excluding hydrogens is 308 g/mol. The number of benzene rings is 2. The molecule has 0 spiro atoms. The quantitative estimate of drug-likeness (QED) is 0.834. The number of phenols is 1. The first-order chi connectivity index (χ1) is 12.1. The van der Waals surface area contributed by atoms with Crippen LogP contribution in [0.3, 0.4) is 0 Å². The molecule has 3 atom stereocenters. The van der Waals surface area contributed by atoms with Crippen molar-refractivity contribution in [3.05, 3.63) is 78.4 Å². The lowest BCUT2D eigenvalue weighted by Gasteiger charge is -2.47. The van der Waals surface area contributed by atoms with Gasteiger partial charge in [-0.1, -0.05) is 48.5 Å². The van der Waals surface area contributed by atoms with E-state index in [1.165, 1.54) is 5.56 Å². The van der Waals surface area contributed by atoms with Crippen LogP contribution in [0.4, 0.5) is 0 Å². The van der Waals surface area contributed by atoms with Gasteiger partial charge in [-0.25, -0.2) is 0 Å². The Hall–Kier alpha value is -2.10. The summed E-state index contributed by atoms with van der Waals surface area (Å²) in [6.45, 7) is 11.4. The third-order valence-electron chi connectivity index (χ3n) is 5.16. The summed E-state index contributed by atoms with van der Waals surface area (Å²) in [4.78, 5) is 5.05. The maximum absolute atomic E-state index is 10.00. The van der Waals surface area contributed by atoms with E-state index < -0.39 is 0 Å². The van der Waals surface area contributed by atoms with Crippen molar-refractivity contribution >= 4 is 0 Å². The van der Waals surface area contributed by atoms with E-state index in [2.05, 4.69) is 66.6 Å². The van der Waals surface area contributed by atoms with Gasteiger partial charge in [0, 0.05) is 31.7 Å². The molecule has 0 aromatic heterocycles. The lowest BCUT2D eigenvalue weighted by molar-refractivity contribution is 0.0306. The second kappa shape index (κ2) is 7.85. The van der Waals surface area contributed by atoms with E-state index in [0.29, 0.717) is 17.8 Å². The summed E-state index contributed by atoms with van der Waals surface area (Å²) < 4.78 is 0. The maximum Gasteiger partial charge on any atom is 0.115 e. The zero-order chi connectivity index (χ0) is 17.8. The first-order valence-corrected chi connectivity index (χ1v) is 9.04. The summed E-state index contributed by atoms with van der Waals surface area (Å²) in [7, 11) is 0. The fraction of sp³-hybridized carbons (Fsp3) is 0.364. The van der Waals surface area contributed by atoms with Crippen molar-refractivity contribution in [2.75, 3.05) is 19.6 Å². The average Bonchev–Trinajstić information content (AvgIpc) is 2.60. The molecule has 0 bridgehead atoms. The van der Waals surface area contributed by atoms with Gasteiger partial charge < -0.3 is 5.11 Å². The molecule has 0 amide bonds. The lowest BCUT2D eigenvalue weighted by Crippen LogP contribution is -2.57. The van der Waals surface area contributed by atoms with Crippen LogP contribution in [-0.2, 0) is 0 Å². The number of aromatic hydroxyl groups is 1. The van der Waals surface area contributed by atoms with Crippen molar-refractivity contribution in [3.63, 3.8) is 0 Å². The van der Waals surface area contributed by atoms with Gasteiger partial charge in [0.25, 0.3) is 0 Å². The highest BCUT2D eigenvalue weighted by molar-refractivity contribution is 5.36. The van der Waals surface area contributed by atoms with Gasteiger partial charge in [0.15, 0.2) is 0 Å². The van der Waals surface area contributed by atoms with E-state index in [0.717, 1.165) is 25.2 Å². The number of piperazine rings is 1. The molecule has 1 fully saturated rings. The van der Waals surface area contributed by atoms with Gasteiger partial charge >= 0.3 is 0 Å². The molecule has 2 aromatic carbocycles. The molecular formula is C22H28N2O.